The molecule has 0 aliphatic heterocycles. The highest BCUT2D eigenvalue weighted by atomic mass is 35.5. The largest absolute Gasteiger partial charge is 0.383 e. The molecule has 0 atom stereocenters. The van der Waals surface area contributed by atoms with Crippen molar-refractivity contribution in [1.29, 1.82) is 0 Å². The number of rotatable bonds is 9. The molecule has 132 valence electrons. The van der Waals surface area contributed by atoms with E-state index in [1.807, 2.05) is 0 Å². The Hall–Kier alpha value is -1.19. The van der Waals surface area contributed by atoms with Gasteiger partial charge < -0.3 is 15.4 Å². The molecule has 0 radical (unpaired) electrons. The Morgan fingerprint density at radius 1 is 1.26 bits per heavy atom. The van der Waals surface area contributed by atoms with Gasteiger partial charge in [-0.1, -0.05) is 18.2 Å². The number of ether oxygens (including phenoxy) is 1. The molecular weight excluding hydrogens is 342 g/mol. The average molecular weight is 366 g/mol. The lowest BCUT2D eigenvalue weighted by molar-refractivity contribution is -0.120. The second-order valence-electron chi connectivity index (χ2n) is 4.84. The van der Waals surface area contributed by atoms with Crippen molar-refractivity contribution in [2.75, 3.05) is 40.9 Å². The van der Waals surface area contributed by atoms with Crippen LogP contribution in [0, 0.1) is 0 Å². The second-order valence-corrected chi connectivity index (χ2v) is 6.96. The number of carbonyl (C=O) groups excluding carboxylic acids is 1. The first-order valence-corrected chi connectivity index (χ1v) is 8.30. The van der Waals surface area contributed by atoms with Crippen LogP contribution >= 0.6 is 12.4 Å². The first kappa shape index (κ1) is 21.8. The van der Waals surface area contributed by atoms with Gasteiger partial charge in [-0.25, -0.2) is 12.7 Å². The van der Waals surface area contributed by atoms with Gasteiger partial charge in [-0.3, -0.25) is 4.79 Å². The van der Waals surface area contributed by atoms with E-state index >= 15 is 0 Å². The zero-order valence-corrected chi connectivity index (χ0v) is 15.2. The van der Waals surface area contributed by atoms with Crippen LogP contribution in [0.2, 0.25) is 0 Å². The van der Waals surface area contributed by atoms with Gasteiger partial charge in [-0.2, -0.15) is 0 Å². The topological polar surface area (TPSA) is 87.7 Å². The summed E-state index contributed by atoms with van der Waals surface area (Å²) in [6.07, 6.45) is 0. The number of sulfonamides is 1. The molecule has 9 heteroatoms. The maximum Gasteiger partial charge on any atom is 0.242 e. The fourth-order valence-corrected chi connectivity index (χ4v) is 2.85. The highest BCUT2D eigenvalue weighted by Crippen LogP contribution is 2.18. The van der Waals surface area contributed by atoms with Crippen LogP contribution in [0.4, 0.5) is 0 Å². The summed E-state index contributed by atoms with van der Waals surface area (Å²) in [4.78, 5) is 11.9. The molecule has 1 amide bonds. The van der Waals surface area contributed by atoms with Gasteiger partial charge in [-0.15, -0.1) is 12.4 Å². The minimum Gasteiger partial charge on any atom is -0.383 e. The first-order valence-electron chi connectivity index (χ1n) is 6.86. The van der Waals surface area contributed by atoms with Gasteiger partial charge in [-0.05, 0) is 11.6 Å². The fraction of sp³-hybridized carbons (Fsp3) is 0.500. The molecule has 0 heterocycles. The molecule has 0 saturated carbocycles. The van der Waals surface area contributed by atoms with E-state index in [1.165, 1.54) is 20.2 Å². The molecule has 23 heavy (non-hydrogen) atoms. The maximum atomic E-state index is 12.2. The van der Waals surface area contributed by atoms with Crippen molar-refractivity contribution < 1.29 is 17.9 Å². The van der Waals surface area contributed by atoms with Crippen molar-refractivity contribution in [2.24, 2.45) is 0 Å². The van der Waals surface area contributed by atoms with Crippen LogP contribution in [0.1, 0.15) is 5.56 Å². The van der Waals surface area contributed by atoms with Crippen LogP contribution < -0.4 is 10.6 Å². The normalized spacial score (nSPS) is 11.1. The molecule has 0 unspecified atom stereocenters. The van der Waals surface area contributed by atoms with Gasteiger partial charge in [0.25, 0.3) is 0 Å². The molecule has 0 aliphatic carbocycles. The van der Waals surface area contributed by atoms with E-state index in [4.69, 9.17) is 4.74 Å². The number of hydrogen-bond donors (Lipinski definition) is 2. The van der Waals surface area contributed by atoms with Gasteiger partial charge in [0.05, 0.1) is 18.0 Å². The Morgan fingerprint density at radius 2 is 1.91 bits per heavy atom. The number of methoxy groups -OCH3 is 1. The van der Waals surface area contributed by atoms with E-state index in [2.05, 4.69) is 10.6 Å². The van der Waals surface area contributed by atoms with Crippen molar-refractivity contribution in [2.45, 2.75) is 11.4 Å². The maximum absolute atomic E-state index is 12.2. The highest BCUT2D eigenvalue weighted by molar-refractivity contribution is 7.89. The van der Waals surface area contributed by atoms with Gasteiger partial charge >= 0.3 is 0 Å². The third-order valence-electron chi connectivity index (χ3n) is 2.98. The molecule has 0 aliphatic rings. The lowest BCUT2D eigenvalue weighted by Crippen LogP contribution is -2.35. The van der Waals surface area contributed by atoms with Crippen molar-refractivity contribution >= 4 is 28.3 Å². The lowest BCUT2D eigenvalue weighted by atomic mass is 10.2. The Balaban J connectivity index is 0.00000484. The summed E-state index contributed by atoms with van der Waals surface area (Å²) in [5, 5.41) is 5.62. The van der Waals surface area contributed by atoms with E-state index in [0.717, 1.165) is 4.31 Å². The summed E-state index contributed by atoms with van der Waals surface area (Å²) >= 11 is 0. The van der Waals surface area contributed by atoms with Gasteiger partial charge in [0.15, 0.2) is 0 Å². The van der Waals surface area contributed by atoms with E-state index < -0.39 is 10.0 Å². The van der Waals surface area contributed by atoms with Gasteiger partial charge in [0.1, 0.15) is 0 Å². The predicted molar refractivity (Wildman–Crippen MR) is 91.2 cm³/mol. The number of nitrogens with one attached hydrogen (secondary N) is 2. The number of hydrogen-bond acceptors (Lipinski definition) is 5. The molecule has 0 bridgehead atoms. The summed E-state index contributed by atoms with van der Waals surface area (Å²) < 4.78 is 30.5. The quantitative estimate of drug-likeness (QED) is 0.611. The summed E-state index contributed by atoms with van der Waals surface area (Å²) in [5.74, 6) is -0.201. The molecule has 2 N–H and O–H groups in total. The fourth-order valence-electron chi connectivity index (χ4n) is 1.73. The number of carbonyl (C=O) groups is 1. The molecule has 1 rings (SSSR count). The molecule has 0 spiro atoms. The van der Waals surface area contributed by atoms with Crippen LogP contribution in [0.25, 0.3) is 0 Å². The SMILES string of the molecule is COCCNCC(=O)NCc1ccccc1S(=O)(=O)N(C)C.Cl. The zero-order chi connectivity index (χ0) is 16.6. The number of nitrogens with zero attached hydrogens (tertiary/aromatic N) is 1. The Bertz CT molecular complexity index is 593. The summed E-state index contributed by atoms with van der Waals surface area (Å²) in [5.41, 5.74) is 0.557. The minimum atomic E-state index is -3.53. The zero-order valence-electron chi connectivity index (χ0n) is 13.5. The van der Waals surface area contributed by atoms with Crippen LogP contribution in [0.5, 0.6) is 0 Å². The monoisotopic (exact) mass is 365 g/mol. The number of halogens is 1. The van der Waals surface area contributed by atoms with E-state index in [9.17, 15) is 13.2 Å². The average Bonchev–Trinajstić information content (AvgIpc) is 2.49. The molecule has 7 nitrogen and oxygen atoms in total. The van der Waals surface area contributed by atoms with Gasteiger partial charge in [0.2, 0.25) is 15.9 Å². The van der Waals surface area contributed by atoms with Crippen LogP contribution in [0.15, 0.2) is 29.2 Å². The summed E-state index contributed by atoms with van der Waals surface area (Å²) in [7, 11) is 1.01. The lowest BCUT2D eigenvalue weighted by Gasteiger charge is -2.15. The third kappa shape index (κ3) is 6.84. The molecule has 0 fully saturated rings. The second kappa shape index (κ2) is 10.6. The smallest absolute Gasteiger partial charge is 0.242 e. The highest BCUT2D eigenvalue weighted by Gasteiger charge is 2.20. The predicted octanol–water partition coefficient (Wildman–Crippen LogP) is 0.211. The van der Waals surface area contributed by atoms with Gasteiger partial charge in [0, 0.05) is 34.3 Å². The first-order chi connectivity index (χ1) is 10.4. The molecule has 1 aromatic carbocycles. The van der Waals surface area contributed by atoms with Crippen molar-refractivity contribution in [3.8, 4) is 0 Å². The van der Waals surface area contributed by atoms with E-state index in [0.29, 0.717) is 18.7 Å². The number of amides is 1. The van der Waals surface area contributed by atoms with E-state index in [-0.39, 0.29) is 36.3 Å². The molecule has 1 aromatic rings. The van der Waals surface area contributed by atoms with Crippen molar-refractivity contribution in [3.05, 3.63) is 29.8 Å². The van der Waals surface area contributed by atoms with Crippen LogP contribution in [-0.2, 0) is 26.1 Å². The Labute approximate surface area is 143 Å². The Morgan fingerprint density at radius 3 is 2.52 bits per heavy atom. The number of benzene rings is 1. The third-order valence-corrected chi connectivity index (χ3v) is 4.89. The Kier molecular flexibility index (Phi) is 10.0. The van der Waals surface area contributed by atoms with Crippen LogP contribution in [-0.4, -0.2) is 59.5 Å². The van der Waals surface area contributed by atoms with Crippen molar-refractivity contribution in [1.82, 2.24) is 14.9 Å². The van der Waals surface area contributed by atoms with E-state index in [1.54, 1.807) is 25.3 Å². The standard InChI is InChI=1S/C14H23N3O4S.ClH/c1-17(2)22(19,20)13-7-5-4-6-12(13)10-16-14(18)11-15-8-9-21-3;/h4-7,15H,8-11H2,1-3H3,(H,16,18);1H. The summed E-state index contributed by atoms with van der Waals surface area (Å²) in [6.45, 7) is 1.42. The van der Waals surface area contributed by atoms with Crippen molar-refractivity contribution in [3.63, 3.8) is 0 Å². The minimum absolute atomic E-state index is 0. The molecule has 0 aromatic heterocycles. The molecular formula is C14H24ClN3O4S. The van der Waals surface area contributed by atoms with Crippen LogP contribution in [0.3, 0.4) is 0 Å². The molecule has 0 saturated heterocycles. The summed E-state index contributed by atoms with van der Waals surface area (Å²) in [6, 6.07) is 6.63.